The van der Waals surface area contributed by atoms with Gasteiger partial charge in [-0.15, -0.1) is 0 Å². The van der Waals surface area contributed by atoms with Gasteiger partial charge in [0.25, 0.3) is 5.69 Å². The molecule has 0 spiro atoms. The highest BCUT2D eigenvalue weighted by molar-refractivity contribution is 7.99. The maximum atomic E-state index is 11.0. The number of carboxylic acids is 1. The number of nitro groups is 1. The van der Waals surface area contributed by atoms with Crippen molar-refractivity contribution in [1.29, 1.82) is 0 Å². The van der Waals surface area contributed by atoms with Crippen LogP contribution in [0.25, 0.3) is 0 Å². The quantitative estimate of drug-likeness (QED) is 0.679. The van der Waals surface area contributed by atoms with Crippen molar-refractivity contribution in [2.45, 2.75) is 9.79 Å². The minimum absolute atomic E-state index is 0.00912. The van der Waals surface area contributed by atoms with E-state index in [1.807, 2.05) is 0 Å². The normalized spacial score (nSPS) is 10.2. The number of benzene rings is 2. The van der Waals surface area contributed by atoms with Crippen LogP contribution in [0.3, 0.4) is 0 Å². The molecule has 0 aromatic heterocycles. The Kier molecular flexibility index (Phi) is 4.26. The molecule has 0 aliphatic heterocycles. The lowest BCUT2D eigenvalue weighted by Crippen LogP contribution is -1.98. The van der Waals surface area contributed by atoms with E-state index in [4.69, 9.17) is 16.7 Å². The van der Waals surface area contributed by atoms with Crippen molar-refractivity contribution < 1.29 is 14.8 Å². The van der Waals surface area contributed by atoms with Crippen LogP contribution in [-0.4, -0.2) is 16.0 Å². The fraction of sp³-hybridized carbons (Fsp3) is 0. The highest BCUT2D eigenvalue weighted by Crippen LogP contribution is 2.38. The molecule has 0 aliphatic rings. The molecule has 0 unspecified atom stereocenters. The first-order chi connectivity index (χ1) is 9.49. The van der Waals surface area contributed by atoms with E-state index in [1.165, 1.54) is 18.2 Å². The van der Waals surface area contributed by atoms with E-state index in [0.717, 1.165) is 11.8 Å². The Bertz CT molecular complexity index is 690. The molecule has 0 radical (unpaired) electrons. The molecule has 2 rings (SSSR count). The monoisotopic (exact) mass is 309 g/mol. The van der Waals surface area contributed by atoms with Crippen molar-refractivity contribution in [3.63, 3.8) is 0 Å². The minimum Gasteiger partial charge on any atom is -0.478 e. The number of aromatic carboxylic acids is 1. The van der Waals surface area contributed by atoms with Crippen LogP contribution in [0.5, 0.6) is 0 Å². The lowest BCUT2D eigenvalue weighted by atomic mass is 10.2. The van der Waals surface area contributed by atoms with Crippen LogP contribution in [0.2, 0.25) is 5.02 Å². The smallest absolute Gasteiger partial charge is 0.335 e. The Morgan fingerprint density at radius 1 is 1.20 bits per heavy atom. The number of carbonyl (C=O) groups is 1. The second-order valence-corrected chi connectivity index (χ2v) is 5.27. The molecular weight excluding hydrogens is 302 g/mol. The van der Waals surface area contributed by atoms with Crippen LogP contribution in [0.4, 0.5) is 5.69 Å². The number of hydrogen-bond donors (Lipinski definition) is 1. The average molecular weight is 310 g/mol. The van der Waals surface area contributed by atoms with Crippen LogP contribution < -0.4 is 0 Å². The Morgan fingerprint density at radius 3 is 2.50 bits per heavy atom. The number of nitrogens with zero attached hydrogens (tertiary/aromatic N) is 1. The number of carboxylic acid groups (broad SMARTS) is 1. The van der Waals surface area contributed by atoms with Crippen molar-refractivity contribution in [3.05, 3.63) is 63.2 Å². The summed E-state index contributed by atoms with van der Waals surface area (Å²) in [5.74, 6) is -1.14. The van der Waals surface area contributed by atoms with E-state index < -0.39 is 10.9 Å². The molecule has 5 nitrogen and oxygen atoms in total. The number of hydrogen-bond acceptors (Lipinski definition) is 4. The molecule has 0 saturated heterocycles. The molecule has 0 atom stereocenters. The van der Waals surface area contributed by atoms with Crippen LogP contribution in [0, 0.1) is 10.1 Å². The summed E-state index contributed by atoms with van der Waals surface area (Å²) in [6, 6.07) is 10.5. The topological polar surface area (TPSA) is 80.4 Å². The number of nitro benzene ring substituents is 1. The molecule has 102 valence electrons. The van der Waals surface area contributed by atoms with Gasteiger partial charge < -0.3 is 5.11 Å². The fourth-order valence-electron chi connectivity index (χ4n) is 1.53. The second-order valence-electron chi connectivity index (χ2n) is 3.78. The molecule has 2 aromatic carbocycles. The molecule has 0 heterocycles. The Labute approximate surface area is 123 Å². The standard InChI is InChI=1S/C13H8ClNO4S/c14-9-3-1-2-4-11(9)20-12-7-8(13(16)17)5-6-10(12)15(18)19/h1-7H,(H,16,17). The summed E-state index contributed by atoms with van der Waals surface area (Å²) in [7, 11) is 0. The van der Waals surface area contributed by atoms with Gasteiger partial charge in [-0.3, -0.25) is 10.1 Å². The molecule has 7 heteroatoms. The maximum absolute atomic E-state index is 11.0. The van der Waals surface area contributed by atoms with Gasteiger partial charge >= 0.3 is 5.97 Å². The summed E-state index contributed by atoms with van der Waals surface area (Å²) < 4.78 is 0. The van der Waals surface area contributed by atoms with Gasteiger partial charge in [0.05, 0.1) is 20.4 Å². The van der Waals surface area contributed by atoms with E-state index in [2.05, 4.69) is 0 Å². The minimum atomic E-state index is -1.14. The summed E-state index contributed by atoms with van der Waals surface area (Å²) in [4.78, 5) is 22.3. The van der Waals surface area contributed by atoms with E-state index in [9.17, 15) is 14.9 Å². The van der Waals surface area contributed by atoms with Gasteiger partial charge in [-0.05, 0) is 24.3 Å². The van der Waals surface area contributed by atoms with Crippen molar-refractivity contribution >= 4 is 35.0 Å². The Balaban J connectivity index is 2.48. The van der Waals surface area contributed by atoms with E-state index >= 15 is 0 Å². The molecule has 0 fully saturated rings. The van der Waals surface area contributed by atoms with Gasteiger partial charge in [0.15, 0.2) is 0 Å². The zero-order chi connectivity index (χ0) is 14.7. The summed E-state index contributed by atoms with van der Waals surface area (Å²) in [6.07, 6.45) is 0. The third-order valence-electron chi connectivity index (χ3n) is 2.46. The second kappa shape index (κ2) is 5.94. The fourth-order valence-corrected chi connectivity index (χ4v) is 2.76. The van der Waals surface area contributed by atoms with Crippen LogP contribution in [-0.2, 0) is 0 Å². The summed E-state index contributed by atoms with van der Waals surface area (Å²) in [5, 5.41) is 20.4. The molecule has 0 bridgehead atoms. The summed E-state index contributed by atoms with van der Waals surface area (Å²) >= 11 is 7.07. The highest BCUT2D eigenvalue weighted by Gasteiger charge is 2.18. The van der Waals surface area contributed by atoms with Gasteiger partial charge in [-0.25, -0.2) is 4.79 Å². The number of rotatable bonds is 4. The molecule has 1 N–H and O–H groups in total. The van der Waals surface area contributed by atoms with Crippen LogP contribution >= 0.6 is 23.4 Å². The van der Waals surface area contributed by atoms with Crippen molar-refractivity contribution in [2.75, 3.05) is 0 Å². The molecular formula is C13H8ClNO4S. The van der Waals surface area contributed by atoms with Gasteiger partial charge in [0, 0.05) is 11.0 Å². The van der Waals surface area contributed by atoms with Crippen molar-refractivity contribution in [2.24, 2.45) is 0 Å². The molecule has 20 heavy (non-hydrogen) atoms. The molecule has 2 aromatic rings. The third kappa shape index (κ3) is 3.09. The van der Waals surface area contributed by atoms with E-state index in [1.54, 1.807) is 24.3 Å². The SMILES string of the molecule is O=C(O)c1ccc([N+](=O)[O-])c(Sc2ccccc2Cl)c1. The molecule has 0 aliphatic carbocycles. The predicted octanol–water partition coefficient (Wildman–Crippen LogP) is 4.10. The van der Waals surface area contributed by atoms with Crippen LogP contribution in [0.15, 0.2) is 52.3 Å². The first-order valence-corrected chi connectivity index (χ1v) is 6.62. The lowest BCUT2D eigenvalue weighted by molar-refractivity contribution is -0.387. The van der Waals surface area contributed by atoms with Gasteiger partial charge in [-0.2, -0.15) is 0 Å². The predicted molar refractivity (Wildman–Crippen MR) is 75.6 cm³/mol. The van der Waals surface area contributed by atoms with E-state index in [0.29, 0.717) is 9.92 Å². The highest BCUT2D eigenvalue weighted by atomic mass is 35.5. The third-order valence-corrected chi connectivity index (χ3v) is 4.02. The van der Waals surface area contributed by atoms with Crippen molar-refractivity contribution in [3.8, 4) is 0 Å². The number of halogens is 1. The van der Waals surface area contributed by atoms with E-state index in [-0.39, 0.29) is 16.1 Å². The molecule has 0 amide bonds. The summed E-state index contributed by atoms with van der Waals surface area (Å²) in [5.41, 5.74) is -0.162. The Morgan fingerprint density at radius 2 is 1.90 bits per heavy atom. The lowest BCUT2D eigenvalue weighted by Gasteiger charge is -2.05. The average Bonchev–Trinajstić information content (AvgIpc) is 2.41. The zero-order valence-electron chi connectivity index (χ0n) is 9.95. The maximum Gasteiger partial charge on any atom is 0.335 e. The van der Waals surface area contributed by atoms with Gasteiger partial charge in [0.2, 0.25) is 0 Å². The Hall–Kier alpha value is -2.05. The van der Waals surface area contributed by atoms with Crippen molar-refractivity contribution in [1.82, 2.24) is 0 Å². The zero-order valence-corrected chi connectivity index (χ0v) is 11.5. The first-order valence-electron chi connectivity index (χ1n) is 5.43. The van der Waals surface area contributed by atoms with Gasteiger partial charge in [0.1, 0.15) is 0 Å². The first kappa shape index (κ1) is 14.4. The molecule has 0 saturated carbocycles. The largest absolute Gasteiger partial charge is 0.478 e. The van der Waals surface area contributed by atoms with Gasteiger partial charge in [-0.1, -0.05) is 35.5 Å². The summed E-state index contributed by atoms with van der Waals surface area (Å²) in [6.45, 7) is 0. The van der Waals surface area contributed by atoms with Crippen LogP contribution in [0.1, 0.15) is 10.4 Å².